The predicted molar refractivity (Wildman–Crippen MR) is 201 cm³/mol. The van der Waals surface area contributed by atoms with Gasteiger partial charge in [0.25, 0.3) is 0 Å². The zero-order valence-corrected chi connectivity index (χ0v) is 32.3. The molecule has 0 spiro atoms. The number of hydrogen-bond acceptors (Lipinski definition) is 6. The van der Waals surface area contributed by atoms with Crippen molar-refractivity contribution in [3.8, 4) is 0 Å². The molecule has 0 heterocycles. The highest BCUT2D eigenvalue weighted by Gasteiger charge is 2.19. The first kappa shape index (κ1) is 46.4. The highest BCUT2D eigenvalue weighted by atomic mass is 16.6. The molecular formula is C42H80O6. The average molecular weight is 681 g/mol. The highest BCUT2D eigenvalue weighted by Crippen LogP contribution is 2.15. The molecule has 0 aliphatic heterocycles. The van der Waals surface area contributed by atoms with E-state index >= 15 is 0 Å². The Bertz CT molecular complexity index is 708. The van der Waals surface area contributed by atoms with Crippen LogP contribution in [-0.2, 0) is 28.6 Å². The zero-order chi connectivity index (χ0) is 35.2. The molecule has 0 aromatic rings. The summed E-state index contributed by atoms with van der Waals surface area (Å²) >= 11 is 0. The Kier molecular flexibility index (Phi) is 36.9. The summed E-state index contributed by atoms with van der Waals surface area (Å²) in [7, 11) is 0. The molecule has 0 aliphatic carbocycles. The standard InChI is InChI=1S/C42H80O6/c1-4-7-10-13-16-18-20-22-24-27-30-33-36-42(45)48-39(37-46-40(43)34-31-28-25-15-12-9-6-3)38-47-41(44)35-32-29-26-23-21-19-17-14-11-8-5-2/h39H,4-38H2,1-3H3/t39-/m0/s1. The van der Waals surface area contributed by atoms with Crippen LogP contribution >= 0.6 is 0 Å². The molecule has 6 nitrogen and oxygen atoms in total. The number of esters is 3. The lowest BCUT2D eigenvalue weighted by atomic mass is 10.0. The molecule has 0 radical (unpaired) electrons. The minimum atomic E-state index is -0.755. The number of rotatable bonds is 38. The van der Waals surface area contributed by atoms with Crippen LogP contribution in [0.4, 0.5) is 0 Å². The van der Waals surface area contributed by atoms with Crippen LogP contribution in [0.25, 0.3) is 0 Å². The van der Waals surface area contributed by atoms with E-state index in [1.165, 1.54) is 135 Å². The topological polar surface area (TPSA) is 78.9 Å². The monoisotopic (exact) mass is 681 g/mol. The molecule has 0 unspecified atom stereocenters. The van der Waals surface area contributed by atoms with Crippen LogP contribution in [0, 0.1) is 0 Å². The fraction of sp³-hybridized carbons (Fsp3) is 0.929. The van der Waals surface area contributed by atoms with Crippen LogP contribution in [0.3, 0.4) is 0 Å². The van der Waals surface area contributed by atoms with Crippen LogP contribution in [-0.4, -0.2) is 37.2 Å². The van der Waals surface area contributed by atoms with E-state index in [-0.39, 0.29) is 31.1 Å². The third kappa shape index (κ3) is 35.7. The van der Waals surface area contributed by atoms with Crippen LogP contribution in [0.15, 0.2) is 0 Å². The van der Waals surface area contributed by atoms with E-state index in [1.807, 2.05) is 0 Å². The van der Waals surface area contributed by atoms with E-state index < -0.39 is 6.10 Å². The number of carbonyl (C=O) groups is 3. The van der Waals surface area contributed by atoms with E-state index in [0.717, 1.165) is 57.8 Å². The Morgan fingerprint density at radius 2 is 0.562 bits per heavy atom. The molecular weight excluding hydrogens is 600 g/mol. The normalized spacial score (nSPS) is 11.8. The van der Waals surface area contributed by atoms with Gasteiger partial charge in [-0.1, -0.05) is 194 Å². The van der Waals surface area contributed by atoms with Gasteiger partial charge in [-0.15, -0.1) is 0 Å². The van der Waals surface area contributed by atoms with Crippen molar-refractivity contribution < 1.29 is 28.6 Å². The van der Waals surface area contributed by atoms with Crippen LogP contribution in [0.2, 0.25) is 0 Å². The third-order valence-corrected chi connectivity index (χ3v) is 9.36. The summed E-state index contributed by atoms with van der Waals surface area (Å²) in [6.07, 6.45) is 36.6. The number of ether oxygens (including phenoxy) is 3. The SMILES string of the molecule is CCCCCCCCCCCCCCC(=O)O[C@@H](COC(=O)CCCCCCCCC)COC(=O)CCCCCCCCCCCCC. The first-order valence-corrected chi connectivity index (χ1v) is 21.0. The van der Waals surface area contributed by atoms with Gasteiger partial charge in [-0.3, -0.25) is 14.4 Å². The molecule has 0 bridgehead atoms. The molecule has 1 atom stereocenters. The molecule has 0 aliphatic rings. The molecule has 0 fully saturated rings. The lowest BCUT2D eigenvalue weighted by Crippen LogP contribution is -2.30. The Hall–Kier alpha value is -1.59. The smallest absolute Gasteiger partial charge is 0.306 e. The van der Waals surface area contributed by atoms with Gasteiger partial charge in [0.1, 0.15) is 13.2 Å². The van der Waals surface area contributed by atoms with Crippen molar-refractivity contribution in [3.63, 3.8) is 0 Å². The second-order valence-electron chi connectivity index (χ2n) is 14.3. The molecule has 284 valence electrons. The maximum Gasteiger partial charge on any atom is 0.306 e. The molecule has 0 amide bonds. The zero-order valence-electron chi connectivity index (χ0n) is 32.3. The fourth-order valence-corrected chi connectivity index (χ4v) is 6.15. The molecule has 0 N–H and O–H groups in total. The number of carbonyl (C=O) groups excluding carboxylic acids is 3. The lowest BCUT2D eigenvalue weighted by Gasteiger charge is -2.18. The maximum atomic E-state index is 12.6. The summed E-state index contributed by atoms with van der Waals surface area (Å²) in [5.41, 5.74) is 0. The van der Waals surface area contributed by atoms with E-state index in [0.29, 0.717) is 19.3 Å². The largest absolute Gasteiger partial charge is 0.462 e. The second-order valence-corrected chi connectivity index (χ2v) is 14.3. The van der Waals surface area contributed by atoms with Crippen LogP contribution < -0.4 is 0 Å². The van der Waals surface area contributed by atoms with E-state index in [2.05, 4.69) is 20.8 Å². The van der Waals surface area contributed by atoms with Gasteiger partial charge in [0.2, 0.25) is 0 Å². The fourth-order valence-electron chi connectivity index (χ4n) is 6.15. The molecule has 6 heteroatoms. The highest BCUT2D eigenvalue weighted by molar-refractivity contribution is 5.71. The van der Waals surface area contributed by atoms with Crippen molar-refractivity contribution in [3.05, 3.63) is 0 Å². The van der Waals surface area contributed by atoms with E-state index in [9.17, 15) is 14.4 Å². The van der Waals surface area contributed by atoms with Gasteiger partial charge in [-0.2, -0.15) is 0 Å². The Morgan fingerprint density at radius 3 is 0.833 bits per heavy atom. The van der Waals surface area contributed by atoms with Crippen molar-refractivity contribution in [2.75, 3.05) is 13.2 Å². The number of hydrogen-bond donors (Lipinski definition) is 0. The molecule has 0 aromatic carbocycles. The van der Waals surface area contributed by atoms with Crippen molar-refractivity contribution in [2.24, 2.45) is 0 Å². The maximum absolute atomic E-state index is 12.6. The average Bonchev–Trinajstić information content (AvgIpc) is 3.08. The molecule has 48 heavy (non-hydrogen) atoms. The summed E-state index contributed by atoms with van der Waals surface area (Å²) in [5.74, 6) is -0.864. The quantitative estimate of drug-likeness (QED) is 0.0367. The Labute approximate surface area is 298 Å². The third-order valence-electron chi connectivity index (χ3n) is 9.36. The van der Waals surface area contributed by atoms with Gasteiger partial charge in [0.05, 0.1) is 0 Å². The van der Waals surface area contributed by atoms with Gasteiger partial charge >= 0.3 is 17.9 Å². The Balaban J connectivity index is 4.30. The van der Waals surface area contributed by atoms with Crippen LogP contribution in [0.5, 0.6) is 0 Å². The molecule has 0 saturated carbocycles. The minimum Gasteiger partial charge on any atom is -0.462 e. The predicted octanol–water partition coefficient (Wildman–Crippen LogP) is 12.9. The summed E-state index contributed by atoms with van der Waals surface area (Å²) in [6.45, 7) is 6.59. The van der Waals surface area contributed by atoms with Gasteiger partial charge in [0.15, 0.2) is 6.10 Å². The van der Waals surface area contributed by atoms with Gasteiger partial charge in [-0.05, 0) is 19.3 Å². The second kappa shape index (κ2) is 38.2. The van der Waals surface area contributed by atoms with Gasteiger partial charge in [-0.25, -0.2) is 0 Å². The Morgan fingerprint density at radius 1 is 0.333 bits per heavy atom. The summed E-state index contributed by atoms with van der Waals surface area (Å²) in [5, 5.41) is 0. The van der Waals surface area contributed by atoms with Crippen molar-refractivity contribution in [1.29, 1.82) is 0 Å². The van der Waals surface area contributed by atoms with Gasteiger partial charge in [0, 0.05) is 19.3 Å². The van der Waals surface area contributed by atoms with E-state index in [1.54, 1.807) is 0 Å². The number of unbranched alkanes of at least 4 members (excludes halogenated alkanes) is 27. The molecule has 0 aromatic heterocycles. The van der Waals surface area contributed by atoms with Gasteiger partial charge < -0.3 is 14.2 Å². The summed E-state index contributed by atoms with van der Waals surface area (Å²) in [4.78, 5) is 37.4. The first-order chi connectivity index (χ1) is 23.5. The van der Waals surface area contributed by atoms with Crippen molar-refractivity contribution >= 4 is 17.9 Å². The summed E-state index contributed by atoms with van der Waals surface area (Å²) < 4.78 is 16.6. The lowest BCUT2D eigenvalue weighted by molar-refractivity contribution is -0.167. The first-order valence-electron chi connectivity index (χ1n) is 21.0. The van der Waals surface area contributed by atoms with E-state index in [4.69, 9.17) is 14.2 Å². The molecule has 0 rings (SSSR count). The molecule has 0 saturated heterocycles. The summed E-state index contributed by atoms with van der Waals surface area (Å²) in [6, 6.07) is 0. The van der Waals surface area contributed by atoms with Crippen LogP contribution in [0.1, 0.15) is 233 Å². The van der Waals surface area contributed by atoms with Crippen molar-refractivity contribution in [2.45, 2.75) is 239 Å². The minimum absolute atomic E-state index is 0.0637. The van der Waals surface area contributed by atoms with Crippen molar-refractivity contribution in [1.82, 2.24) is 0 Å².